The Labute approximate surface area is 125 Å². The molecule has 0 saturated heterocycles. The SMILES string of the molecule is C=CCc1cc(Cc2cccc(CC=C)c2O)ccc1O. The van der Waals surface area contributed by atoms with Crippen molar-refractivity contribution in [2.45, 2.75) is 19.3 Å². The van der Waals surface area contributed by atoms with Crippen LogP contribution in [0.2, 0.25) is 0 Å². The van der Waals surface area contributed by atoms with Gasteiger partial charge in [0.05, 0.1) is 0 Å². The molecule has 0 aliphatic heterocycles. The van der Waals surface area contributed by atoms with E-state index in [0.717, 1.165) is 22.3 Å². The van der Waals surface area contributed by atoms with Crippen LogP contribution in [0.5, 0.6) is 11.5 Å². The summed E-state index contributed by atoms with van der Waals surface area (Å²) in [5, 5.41) is 20.1. The van der Waals surface area contributed by atoms with Gasteiger partial charge >= 0.3 is 0 Å². The number of rotatable bonds is 6. The second-order valence-electron chi connectivity index (χ2n) is 5.05. The number of para-hydroxylation sites is 1. The van der Waals surface area contributed by atoms with Crippen LogP contribution in [0.1, 0.15) is 22.3 Å². The predicted molar refractivity (Wildman–Crippen MR) is 86.8 cm³/mol. The quantitative estimate of drug-likeness (QED) is 0.780. The molecule has 0 spiro atoms. The van der Waals surface area contributed by atoms with Crippen molar-refractivity contribution in [2.24, 2.45) is 0 Å². The van der Waals surface area contributed by atoms with E-state index >= 15 is 0 Å². The summed E-state index contributed by atoms with van der Waals surface area (Å²) >= 11 is 0. The second-order valence-corrected chi connectivity index (χ2v) is 5.05. The molecule has 0 bridgehead atoms. The van der Waals surface area contributed by atoms with Gasteiger partial charge in [0, 0.05) is 6.42 Å². The van der Waals surface area contributed by atoms with Crippen LogP contribution in [0.15, 0.2) is 61.7 Å². The minimum absolute atomic E-state index is 0.281. The van der Waals surface area contributed by atoms with Crippen molar-refractivity contribution in [1.82, 2.24) is 0 Å². The van der Waals surface area contributed by atoms with Gasteiger partial charge in [0.2, 0.25) is 0 Å². The predicted octanol–water partition coefficient (Wildman–Crippen LogP) is 4.15. The van der Waals surface area contributed by atoms with E-state index in [4.69, 9.17) is 0 Å². The van der Waals surface area contributed by atoms with Crippen LogP contribution in [0.25, 0.3) is 0 Å². The van der Waals surface area contributed by atoms with E-state index in [0.29, 0.717) is 25.0 Å². The lowest BCUT2D eigenvalue weighted by Gasteiger charge is -2.10. The zero-order chi connectivity index (χ0) is 15.2. The van der Waals surface area contributed by atoms with Crippen LogP contribution in [0.4, 0.5) is 0 Å². The summed E-state index contributed by atoms with van der Waals surface area (Å²) < 4.78 is 0. The lowest BCUT2D eigenvalue weighted by molar-refractivity contribution is 0.463. The van der Waals surface area contributed by atoms with Crippen LogP contribution in [-0.2, 0) is 19.3 Å². The molecule has 21 heavy (non-hydrogen) atoms. The number of allylic oxidation sites excluding steroid dienone is 2. The maximum absolute atomic E-state index is 10.3. The van der Waals surface area contributed by atoms with Crippen LogP contribution in [0, 0.1) is 0 Å². The summed E-state index contributed by atoms with van der Waals surface area (Å²) in [7, 11) is 0. The third kappa shape index (κ3) is 3.54. The average molecular weight is 280 g/mol. The fourth-order valence-corrected chi connectivity index (χ4v) is 2.40. The molecule has 2 aromatic rings. The molecule has 2 heteroatoms. The highest BCUT2D eigenvalue weighted by molar-refractivity contribution is 5.45. The van der Waals surface area contributed by atoms with E-state index in [9.17, 15) is 10.2 Å². The molecule has 0 aromatic heterocycles. The van der Waals surface area contributed by atoms with Crippen molar-refractivity contribution >= 4 is 0 Å². The first-order valence-electron chi connectivity index (χ1n) is 6.98. The van der Waals surface area contributed by atoms with Gasteiger partial charge in [-0.2, -0.15) is 0 Å². The van der Waals surface area contributed by atoms with Gasteiger partial charge in [-0.3, -0.25) is 0 Å². The summed E-state index contributed by atoms with van der Waals surface area (Å²) in [5.41, 5.74) is 3.66. The fourth-order valence-electron chi connectivity index (χ4n) is 2.40. The molecule has 0 radical (unpaired) electrons. The Kier molecular flexibility index (Phi) is 4.83. The molecule has 2 aromatic carbocycles. The molecule has 2 N–H and O–H groups in total. The van der Waals surface area contributed by atoms with Crippen molar-refractivity contribution < 1.29 is 10.2 Å². The van der Waals surface area contributed by atoms with Crippen molar-refractivity contribution in [3.8, 4) is 11.5 Å². The van der Waals surface area contributed by atoms with Crippen molar-refractivity contribution in [1.29, 1.82) is 0 Å². The van der Waals surface area contributed by atoms with Gasteiger partial charge in [-0.1, -0.05) is 42.5 Å². The van der Waals surface area contributed by atoms with E-state index in [-0.39, 0.29) is 5.75 Å². The molecule has 0 saturated carbocycles. The zero-order valence-electron chi connectivity index (χ0n) is 12.0. The highest BCUT2D eigenvalue weighted by Crippen LogP contribution is 2.27. The second kappa shape index (κ2) is 6.80. The van der Waals surface area contributed by atoms with Gasteiger partial charge in [-0.25, -0.2) is 0 Å². The topological polar surface area (TPSA) is 40.5 Å². The van der Waals surface area contributed by atoms with Crippen molar-refractivity contribution in [3.63, 3.8) is 0 Å². The summed E-state index contributed by atoms with van der Waals surface area (Å²) in [4.78, 5) is 0. The fraction of sp³-hybridized carbons (Fsp3) is 0.158. The van der Waals surface area contributed by atoms with Crippen LogP contribution in [0.3, 0.4) is 0 Å². The monoisotopic (exact) mass is 280 g/mol. The molecule has 0 heterocycles. The van der Waals surface area contributed by atoms with Crippen molar-refractivity contribution in [3.05, 3.63) is 84.0 Å². The highest BCUT2D eigenvalue weighted by atomic mass is 16.3. The maximum Gasteiger partial charge on any atom is 0.122 e. The average Bonchev–Trinajstić information content (AvgIpc) is 2.47. The van der Waals surface area contributed by atoms with Crippen LogP contribution in [-0.4, -0.2) is 10.2 Å². The molecule has 108 valence electrons. The van der Waals surface area contributed by atoms with Gasteiger partial charge in [-0.05, 0) is 41.2 Å². The van der Waals surface area contributed by atoms with Gasteiger partial charge in [0.1, 0.15) is 11.5 Å². The Hall–Kier alpha value is -2.48. The third-order valence-electron chi connectivity index (χ3n) is 3.47. The van der Waals surface area contributed by atoms with E-state index in [1.807, 2.05) is 30.3 Å². The first-order chi connectivity index (χ1) is 10.2. The van der Waals surface area contributed by atoms with Crippen LogP contribution >= 0.6 is 0 Å². The summed E-state index contributed by atoms with van der Waals surface area (Å²) in [6, 6.07) is 11.3. The number of phenolic OH excluding ortho intramolecular Hbond substituents is 2. The highest BCUT2D eigenvalue weighted by Gasteiger charge is 2.08. The summed E-state index contributed by atoms with van der Waals surface area (Å²) in [6.07, 6.45) is 5.45. The molecule has 2 rings (SSSR count). The summed E-state index contributed by atoms with van der Waals surface area (Å²) in [6.45, 7) is 7.40. The minimum atomic E-state index is 0.281. The Morgan fingerprint density at radius 2 is 1.52 bits per heavy atom. The van der Waals surface area contributed by atoms with Crippen molar-refractivity contribution in [2.75, 3.05) is 0 Å². The lowest BCUT2D eigenvalue weighted by Crippen LogP contribution is -1.94. The standard InChI is InChI=1S/C19H20O2/c1-3-6-15-8-5-9-17(19(15)21)13-14-10-11-18(20)16(12-14)7-4-2/h3-5,8-12,20-21H,1-2,6-7,13H2. The number of hydrogen-bond donors (Lipinski definition) is 2. The molecule has 0 atom stereocenters. The normalized spacial score (nSPS) is 10.3. The lowest BCUT2D eigenvalue weighted by atomic mass is 9.98. The Bertz CT molecular complexity index is 657. The molecule has 0 aliphatic carbocycles. The van der Waals surface area contributed by atoms with E-state index < -0.39 is 0 Å². The number of hydrogen-bond acceptors (Lipinski definition) is 2. The molecular weight excluding hydrogens is 260 g/mol. The van der Waals surface area contributed by atoms with E-state index in [1.165, 1.54) is 0 Å². The van der Waals surface area contributed by atoms with E-state index in [1.54, 1.807) is 18.2 Å². The maximum atomic E-state index is 10.3. The molecule has 0 fully saturated rings. The number of benzene rings is 2. The Balaban J connectivity index is 2.29. The van der Waals surface area contributed by atoms with Crippen LogP contribution < -0.4 is 0 Å². The van der Waals surface area contributed by atoms with Gasteiger partial charge < -0.3 is 10.2 Å². The zero-order valence-corrected chi connectivity index (χ0v) is 12.0. The first kappa shape index (κ1) is 14.9. The largest absolute Gasteiger partial charge is 0.508 e. The molecular formula is C19H20O2. The smallest absolute Gasteiger partial charge is 0.122 e. The minimum Gasteiger partial charge on any atom is -0.508 e. The molecule has 0 aliphatic rings. The molecule has 2 nitrogen and oxygen atoms in total. The number of phenols is 2. The Morgan fingerprint density at radius 3 is 2.24 bits per heavy atom. The molecule has 0 unspecified atom stereocenters. The Morgan fingerprint density at radius 1 is 0.857 bits per heavy atom. The van der Waals surface area contributed by atoms with Gasteiger partial charge in [0.25, 0.3) is 0 Å². The van der Waals surface area contributed by atoms with Gasteiger partial charge in [-0.15, -0.1) is 13.2 Å². The third-order valence-corrected chi connectivity index (χ3v) is 3.47. The first-order valence-corrected chi connectivity index (χ1v) is 6.98. The van der Waals surface area contributed by atoms with E-state index in [2.05, 4.69) is 13.2 Å². The van der Waals surface area contributed by atoms with Gasteiger partial charge in [0.15, 0.2) is 0 Å². The molecule has 0 amide bonds. The summed E-state index contributed by atoms with van der Waals surface area (Å²) in [5.74, 6) is 0.610. The number of aromatic hydroxyl groups is 2.